The predicted octanol–water partition coefficient (Wildman–Crippen LogP) is 3.98. The van der Waals surface area contributed by atoms with Gasteiger partial charge >= 0.3 is 0 Å². The van der Waals surface area contributed by atoms with Crippen LogP contribution in [0.3, 0.4) is 0 Å². The first kappa shape index (κ1) is 12.4. The van der Waals surface area contributed by atoms with Gasteiger partial charge in [-0.3, -0.25) is 4.79 Å². The van der Waals surface area contributed by atoms with E-state index in [4.69, 9.17) is 0 Å². The Morgan fingerprint density at radius 2 is 1.67 bits per heavy atom. The summed E-state index contributed by atoms with van der Waals surface area (Å²) in [6.07, 6.45) is 9.20. The lowest BCUT2D eigenvalue weighted by Crippen LogP contribution is -1.99. The molecule has 2 heteroatoms. The van der Waals surface area contributed by atoms with Crippen molar-refractivity contribution in [1.29, 1.82) is 0 Å². The van der Waals surface area contributed by atoms with Crippen LogP contribution in [0.15, 0.2) is 66.0 Å². The molecular weight excluding hydrogens is 224 g/mol. The first-order chi connectivity index (χ1) is 8.77. The summed E-state index contributed by atoms with van der Waals surface area (Å²) in [5.41, 5.74) is 1.59. The molecule has 0 aliphatic heterocycles. The summed E-state index contributed by atoms with van der Waals surface area (Å²) in [7, 11) is 0. The molecule has 0 saturated heterocycles. The second-order valence-electron chi connectivity index (χ2n) is 4.26. The van der Waals surface area contributed by atoms with Crippen molar-refractivity contribution in [2.75, 3.05) is 0 Å². The highest BCUT2D eigenvalue weighted by Crippen LogP contribution is 2.17. The van der Waals surface area contributed by atoms with Crippen LogP contribution in [-0.2, 0) is 0 Å². The van der Waals surface area contributed by atoms with E-state index in [9.17, 15) is 9.90 Å². The van der Waals surface area contributed by atoms with E-state index < -0.39 is 0 Å². The molecule has 18 heavy (non-hydrogen) atoms. The first-order valence-corrected chi connectivity index (χ1v) is 6.12. The van der Waals surface area contributed by atoms with Gasteiger partial charge in [0.15, 0.2) is 5.78 Å². The SMILES string of the molecule is O=C(CCCC(O)=C1C=CC=C1)c1ccccc1. The van der Waals surface area contributed by atoms with Gasteiger partial charge in [-0.2, -0.15) is 0 Å². The number of hydrogen-bond acceptors (Lipinski definition) is 2. The number of rotatable bonds is 5. The van der Waals surface area contributed by atoms with Crippen LogP contribution in [0.2, 0.25) is 0 Å². The first-order valence-electron chi connectivity index (χ1n) is 6.12. The zero-order valence-corrected chi connectivity index (χ0v) is 10.2. The van der Waals surface area contributed by atoms with Gasteiger partial charge in [-0.15, -0.1) is 0 Å². The van der Waals surface area contributed by atoms with E-state index in [2.05, 4.69) is 0 Å². The minimum absolute atomic E-state index is 0.130. The number of aliphatic hydroxyl groups is 1. The van der Waals surface area contributed by atoms with Crippen molar-refractivity contribution < 1.29 is 9.90 Å². The molecule has 2 rings (SSSR count). The van der Waals surface area contributed by atoms with Gasteiger partial charge in [0, 0.05) is 24.0 Å². The molecule has 2 nitrogen and oxygen atoms in total. The van der Waals surface area contributed by atoms with Crippen molar-refractivity contribution in [3.05, 3.63) is 71.5 Å². The van der Waals surface area contributed by atoms with Crippen LogP contribution in [0.25, 0.3) is 0 Å². The zero-order valence-electron chi connectivity index (χ0n) is 10.2. The third-order valence-electron chi connectivity index (χ3n) is 2.91. The number of ketones is 1. The van der Waals surface area contributed by atoms with Crippen LogP contribution in [-0.4, -0.2) is 10.9 Å². The quantitative estimate of drug-likeness (QED) is 0.624. The molecule has 1 aromatic carbocycles. The van der Waals surface area contributed by atoms with Gasteiger partial charge in [-0.25, -0.2) is 0 Å². The van der Waals surface area contributed by atoms with E-state index in [1.54, 1.807) is 0 Å². The standard InChI is InChI=1S/C16H16O2/c17-15(13-7-2-1-3-8-13)11-6-12-16(18)14-9-4-5-10-14/h1-5,7-10,18H,6,11-12H2. The molecule has 0 atom stereocenters. The van der Waals surface area contributed by atoms with Crippen molar-refractivity contribution >= 4 is 5.78 Å². The lowest BCUT2D eigenvalue weighted by molar-refractivity contribution is 0.0979. The summed E-state index contributed by atoms with van der Waals surface area (Å²) in [4.78, 5) is 11.8. The molecule has 1 aromatic rings. The van der Waals surface area contributed by atoms with Gasteiger partial charge in [0.25, 0.3) is 0 Å². The van der Waals surface area contributed by atoms with Crippen LogP contribution >= 0.6 is 0 Å². The summed E-state index contributed by atoms with van der Waals surface area (Å²) >= 11 is 0. The van der Waals surface area contributed by atoms with Crippen LogP contribution in [0.1, 0.15) is 29.6 Å². The monoisotopic (exact) mass is 240 g/mol. The highest BCUT2D eigenvalue weighted by Gasteiger charge is 2.07. The van der Waals surface area contributed by atoms with Gasteiger partial charge in [-0.1, -0.05) is 54.6 Å². The number of hydrogen-bond donors (Lipinski definition) is 1. The third-order valence-corrected chi connectivity index (χ3v) is 2.91. The fraction of sp³-hybridized carbons (Fsp3) is 0.188. The Bertz CT molecular complexity index is 493. The van der Waals surface area contributed by atoms with Crippen LogP contribution < -0.4 is 0 Å². The average Bonchev–Trinajstić information content (AvgIpc) is 2.93. The average molecular weight is 240 g/mol. The molecular formula is C16H16O2. The zero-order chi connectivity index (χ0) is 12.8. The Morgan fingerprint density at radius 3 is 2.33 bits per heavy atom. The van der Waals surface area contributed by atoms with Crippen molar-refractivity contribution in [1.82, 2.24) is 0 Å². The Balaban J connectivity index is 1.83. The summed E-state index contributed by atoms with van der Waals surface area (Å²) in [5, 5.41) is 9.80. The molecule has 0 saturated carbocycles. The predicted molar refractivity (Wildman–Crippen MR) is 72.6 cm³/mol. The molecule has 0 aromatic heterocycles. The van der Waals surface area contributed by atoms with E-state index in [0.29, 0.717) is 25.0 Å². The molecule has 1 aliphatic carbocycles. The van der Waals surface area contributed by atoms with Crippen molar-refractivity contribution in [3.63, 3.8) is 0 Å². The molecule has 1 aliphatic rings. The lowest BCUT2D eigenvalue weighted by atomic mass is 10.0. The topological polar surface area (TPSA) is 37.3 Å². The molecule has 0 amide bonds. The van der Waals surface area contributed by atoms with Crippen LogP contribution in [0.5, 0.6) is 0 Å². The molecule has 0 unspecified atom stereocenters. The molecule has 0 spiro atoms. The molecule has 0 bridgehead atoms. The van der Waals surface area contributed by atoms with Gasteiger partial charge in [-0.05, 0) is 6.42 Å². The van der Waals surface area contributed by atoms with Gasteiger partial charge in [0.2, 0.25) is 0 Å². The lowest BCUT2D eigenvalue weighted by Gasteiger charge is -2.03. The maximum Gasteiger partial charge on any atom is 0.162 e. The fourth-order valence-corrected chi connectivity index (χ4v) is 1.90. The fourth-order valence-electron chi connectivity index (χ4n) is 1.90. The summed E-state index contributed by atoms with van der Waals surface area (Å²) < 4.78 is 0. The van der Waals surface area contributed by atoms with Gasteiger partial charge < -0.3 is 5.11 Å². The number of aliphatic hydroxyl groups excluding tert-OH is 1. The Labute approximate surface area is 107 Å². The van der Waals surface area contributed by atoms with Gasteiger partial charge in [0.05, 0.1) is 5.76 Å². The number of Topliss-reactive ketones (excluding diaryl/α,β-unsaturated/α-hetero) is 1. The van der Waals surface area contributed by atoms with E-state index >= 15 is 0 Å². The van der Waals surface area contributed by atoms with E-state index in [1.807, 2.05) is 54.6 Å². The van der Waals surface area contributed by atoms with E-state index in [-0.39, 0.29) is 5.78 Å². The minimum Gasteiger partial charge on any atom is -0.512 e. The molecule has 92 valence electrons. The van der Waals surface area contributed by atoms with Crippen LogP contribution in [0.4, 0.5) is 0 Å². The minimum atomic E-state index is 0.130. The van der Waals surface area contributed by atoms with E-state index in [1.165, 1.54) is 0 Å². The Kier molecular flexibility index (Phi) is 4.13. The molecule has 1 N–H and O–H groups in total. The van der Waals surface area contributed by atoms with E-state index in [0.717, 1.165) is 11.1 Å². The third kappa shape index (κ3) is 3.20. The number of benzene rings is 1. The number of carbonyl (C=O) groups is 1. The largest absolute Gasteiger partial charge is 0.512 e. The van der Waals surface area contributed by atoms with Crippen LogP contribution in [0, 0.1) is 0 Å². The van der Waals surface area contributed by atoms with Crippen molar-refractivity contribution in [3.8, 4) is 0 Å². The summed E-state index contributed by atoms with van der Waals surface area (Å²) in [6.45, 7) is 0. The Morgan fingerprint density at radius 1 is 1.00 bits per heavy atom. The highest BCUT2D eigenvalue weighted by atomic mass is 16.3. The smallest absolute Gasteiger partial charge is 0.162 e. The van der Waals surface area contributed by atoms with Crippen molar-refractivity contribution in [2.45, 2.75) is 19.3 Å². The number of allylic oxidation sites excluding steroid dienone is 6. The summed E-state index contributed by atoms with van der Waals surface area (Å²) in [5.74, 6) is 0.492. The second-order valence-corrected chi connectivity index (χ2v) is 4.26. The second kappa shape index (κ2) is 6.01. The highest BCUT2D eigenvalue weighted by molar-refractivity contribution is 5.95. The van der Waals surface area contributed by atoms with Gasteiger partial charge in [0.1, 0.15) is 0 Å². The molecule has 0 fully saturated rings. The Hall–Kier alpha value is -2.09. The van der Waals surface area contributed by atoms with Crippen molar-refractivity contribution in [2.24, 2.45) is 0 Å². The maximum atomic E-state index is 11.8. The normalized spacial score (nSPS) is 13.0. The molecule has 0 radical (unpaired) electrons. The number of carbonyl (C=O) groups excluding carboxylic acids is 1. The maximum absolute atomic E-state index is 11.8. The summed E-state index contributed by atoms with van der Waals surface area (Å²) in [6, 6.07) is 9.26. The molecule has 0 heterocycles.